The second-order valence-corrected chi connectivity index (χ2v) is 11.9. The molecule has 2 N–H and O–H groups in total. The molecule has 0 radical (unpaired) electrons. The van der Waals surface area contributed by atoms with Gasteiger partial charge in [-0.1, -0.05) is 43.7 Å². The first-order valence-corrected chi connectivity index (χ1v) is 12.3. The average Bonchev–Trinajstić information content (AvgIpc) is 3.46. The number of ether oxygens (including phenoxy) is 1. The Kier molecular flexibility index (Phi) is 8.78. The van der Waals surface area contributed by atoms with Crippen LogP contribution in [0, 0.1) is 12.8 Å². The standard InChI is InChI=1S/C27H43N3O4/c1-17(2)15-21(28-25(33)34-27(7,8)9)24(32)30(20-13-14-20)22(23(31)29-26(4,5)6)19-12-10-11-18(3)16-19/h10-12,16-17,20-22H,13-15H2,1-9H3,(H,28,33)(H,29,31). The van der Waals surface area contributed by atoms with Crippen LogP contribution in [-0.2, 0) is 14.3 Å². The van der Waals surface area contributed by atoms with Crippen LogP contribution < -0.4 is 10.6 Å². The van der Waals surface area contributed by atoms with Crippen molar-refractivity contribution in [2.45, 2.75) is 111 Å². The summed E-state index contributed by atoms with van der Waals surface area (Å²) in [6.07, 6.45) is 1.48. The molecule has 0 saturated heterocycles. The SMILES string of the molecule is Cc1cccc(C(C(=O)NC(C)(C)C)N(C(=O)C(CC(C)C)NC(=O)OC(C)(C)C)C2CC2)c1. The number of carbonyl (C=O) groups is 3. The van der Waals surface area contributed by atoms with E-state index in [-0.39, 0.29) is 23.8 Å². The third kappa shape index (κ3) is 8.65. The van der Waals surface area contributed by atoms with Crippen LogP contribution in [0.2, 0.25) is 0 Å². The minimum atomic E-state index is -0.787. The van der Waals surface area contributed by atoms with E-state index in [4.69, 9.17) is 4.74 Å². The summed E-state index contributed by atoms with van der Waals surface area (Å²) in [5, 5.41) is 5.85. The van der Waals surface area contributed by atoms with Gasteiger partial charge in [-0.15, -0.1) is 0 Å². The lowest BCUT2D eigenvalue weighted by molar-refractivity contribution is -0.144. The van der Waals surface area contributed by atoms with Crippen molar-refractivity contribution in [3.8, 4) is 0 Å². The fourth-order valence-electron chi connectivity index (χ4n) is 3.91. The Balaban J connectivity index is 2.46. The Morgan fingerprint density at radius 2 is 1.71 bits per heavy atom. The third-order valence-corrected chi connectivity index (χ3v) is 5.27. The van der Waals surface area contributed by atoms with E-state index in [1.165, 1.54) is 0 Å². The molecule has 3 amide bonds. The number of aryl methyl sites for hydroxylation is 1. The summed E-state index contributed by atoms with van der Waals surface area (Å²) < 4.78 is 5.43. The van der Waals surface area contributed by atoms with Crippen molar-refractivity contribution >= 4 is 17.9 Å². The number of carbonyl (C=O) groups excluding carboxylic acids is 3. The molecule has 0 aliphatic heterocycles. The normalized spacial score (nSPS) is 15.9. The minimum absolute atomic E-state index is 0.0428. The molecule has 1 aromatic rings. The summed E-state index contributed by atoms with van der Waals surface area (Å²) in [7, 11) is 0. The van der Waals surface area contributed by atoms with E-state index in [0.29, 0.717) is 6.42 Å². The summed E-state index contributed by atoms with van der Waals surface area (Å²) in [6, 6.07) is 6.10. The van der Waals surface area contributed by atoms with Gasteiger partial charge in [0.25, 0.3) is 0 Å². The number of hydrogen-bond donors (Lipinski definition) is 2. The van der Waals surface area contributed by atoms with Gasteiger partial charge in [-0.3, -0.25) is 9.59 Å². The zero-order valence-corrected chi connectivity index (χ0v) is 22.3. The van der Waals surface area contributed by atoms with Gasteiger partial charge in [0.05, 0.1) is 0 Å². The van der Waals surface area contributed by atoms with Gasteiger partial charge in [0, 0.05) is 11.6 Å². The van der Waals surface area contributed by atoms with E-state index >= 15 is 0 Å². The Morgan fingerprint density at radius 3 is 2.18 bits per heavy atom. The number of rotatable bonds is 8. The first-order valence-electron chi connectivity index (χ1n) is 12.3. The molecule has 2 rings (SSSR count). The number of hydrogen-bond acceptors (Lipinski definition) is 4. The fourth-order valence-corrected chi connectivity index (χ4v) is 3.91. The third-order valence-electron chi connectivity index (χ3n) is 5.27. The fraction of sp³-hybridized carbons (Fsp3) is 0.667. The van der Waals surface area contributed by atoms with Crippen molar-refractivity contribution in [3.05, 3.63) is 35.4 Å². The lowest BCUT2D eigenvalue weighted by Gasteiger charge is -2.36. The monoisotopic (exact) mass is 473 g/mol. The molecular weight excluding hydrogens is 430 g/mol. The van der Waals surface area contributed by atoms with Crippen LogP contribution in [0.4, 0.5) is 4.79 Å². The molecule has 1 aromatic carbocycles. The van der Waals surface area contributed by atoms with Gasteiger partial charge in [0.2, 0.25) is 11.8 Å². The molecule has 0 heterocycles. The average molecular weight is 474 g/mol. The topological polar surface area (TPSA) is 87.7 Å². The lowest BCUT2D eigenvalue weighted by atomic mass is 9.97. The number of benzene rings is 1. The summed E-state index contributed by atoms with van der Waals surface area (Å²) in [5.41, 5.74) is 0.647. The lowest BCUT2D eigenvalue weighted by Crippen LogP contribution is -2.55. The van der Waals surface area contributed by atoms with E-state index in [1.807, 2.05) is 65.8 Å². The number of alkyl carbamates (subject to hydrolysis) is 1. The van der Waals surface area contributed by atoms with Crippen molar-refractivity contribution in [1.82, 2.24) is 15.5 Å². The van der Waals surface area contributed by atoms with Crippen molar-refractivity contribution in [2.24, 2.45) is 5.92 Å². The summed E-state index contributed by atoms with van der Waals surface area (Å²) >= 11 is 0. The van der Waals surface area contributed by atoms with Gasteiger partial charge >= 0.3 is 6.09 Å². The summed E-state index contributed by atoms with van der Waals surface area (Å²) in [5.74, 6) is -0.317. The van der Waals surface area contributed by atoms with E-state index < -0.39 is 29.3 Å². The Morgan fingerprint density at radius 1 is 1.09 bits per heavy atom. The van der Waals surface area contributed by atoms with Crippen LogP contribution in [-0.4, -0.2) is 46.0 Å². The van der Waals surface area contributed by atoms with Gasteiger partial charge < -0.3 is 20.3 Å². The largest absolute Gasteiger partial charge is 0.444 e. The van der Waals surface area contributed by atoms with Crippen molar-refractivity contribution in [2.75, 3.05) is 0 Å². The highest BCUT2D eigenvalue weighted by atomic mass is 16.6. The van der Waals surface area contributed by atoms with Gasteiger partial charge in [0.1, 0.15) is 17.7 Å². The maximum Gasteiger partial charge on any atom is 0.408 e. The van der Waals surface area contributed by atoms with Crippen molar-refractivity contribution in [3.63, 3.8) is 0 Å². The molecule has 1 fully saturated rings. The number of nitrogens with zero attached hydrogens (tertiary/aromatic N) is 1. The van der Waals surface area contributed by atoms with E-state index in [1.54, 1.807) is 25.7 Å². The molecule has 1 aliphatic carbocycles. The molecule has 1 saturated carbocycles. The van der Waals surface area contributed by atoms with Crippen LogP contribution in [0.3, 0.4) is 0 Å². The quantitative estimate of drug-likeness (QED) is 0.563. The molecule has 7 heteroatoms. The zero-order valence-electron chi connectivity index (χ0n) is 22.3. The Hall–Kier alpha value is -2.57. The molecule has 7 nitrogen and oxygen atoms in total. The van der Waals surface area contributed by atoms with Crippen LogP contribution >= 0.6 is 0 Å². The van der Waals surface area contributed by atoms with Crippen LogP contribution in [0.25, 0.3) is 0 Å². The summed E-state index contributed by atoms with van der Waals surface area (Å²) in [4.78, 5) is 41.9. The van der Waals surface area contributed by atoms with Gasteiger partial charge in [-0.05, 0) is 79.2 Å². The number of nitrogens with one attached hydrogen (secondary N) is 2. The minimum Gasteiger partial charge on any atom is -0.444 e. The first kappa shape index (κ1) is 27.7. The smallest absolute Gasteiger partial charge is 0.408 e. The highest BCUT2D eigenvalue weighted by Gasteiger charge is 2.44. The summed E-state index contributed by atoms with van der Waals surface area (Å²) in [6.45, 7) is 17.1. The highest BCUT2D eigenvalue weighted by molar-refractivity contribution is 5.92. The predicted octanol–water partition coefficient (Wildman–Crippen LogP) is 4.88. The predicted molar refractivity (Wildman–Crippen MR) is 134 cm³/mol. The van der Waals surface area contributed by atoms with Gasteiger partial charge in [0.15, 0.2) is 0 Å². The molecule has 0 aromatic heterocycles. The number of amides is 3. The van der Waals surface area contributed by atoms with Crippen molar-refractivity contribution in [1.29, 1.82) is 0 Å². The van der Waals surface area contributed by atoms with Gasteiger partial charge in [-0.25, -0.2) is 4.79 Å². The van der Waals surface area contributed by atoms with E-state index in [9.17, 15) is 14.4 Å². The molecule has 2 unspecified atom stereocenters. The molecule has 34 heavy (non-hydrogen) atoms. The second kappa shape index (κ2) is 10.8. The van der Waals surface area contributed by atoms with Crippen LogP contribution in [0.5, 0.6) is 0 Å². The zero-order chi connectivity index (χ0) is 25.8. The maximum atomic E-state index is 14.0. The van der Waals surface area contributed by atoms with Gasteiger partial charge in [-0.2, -0.15) is 0 Å². The van der Waals surface area contributed by atoms with Crippen LogP contribution in [0.1, 0.15) is 91.8 Å². The van der Waals surface area contributed by atoms with Crippen LogP contribution in [0.15, 0.2) is 24.3 Å². The molecule has 190 valence electrons. The first-order chi connectivity index (χ1) is 15.6. The highest BCUT2D eigenvalue weighted by Crippen LogP contribution is 2.36. The maximum absolute atomic E-state index is 14.0. The molecule has 1 aliphatic rings. The molecule has 0 spiro atoms. The van der Waals surface area contributed by atoms with E-state index in [2.05, 4.69) is 10.6 Å². The molecule has 0 bridgehead atoms. The molecular formula is C27H43N3O4. The Bertz CT molecular complexity index is 879. The second-order valence-electron chi connectivity index (χ2n) is 11.9. The van der Waals surface area contributed by atoms with Crippen molar-refractivity contribution < 1.29 is 19.1 Å². The Labute approximate surface area is 205 Å². The molecule has 2 atom stereocenters. The van der Waals surface area contributed by atoms with E-state index in [0.717, 1.165) is 24.0 Å².